The number of nitrogen functional groups attached to an aromatic ring is 2. The smallest absolute Gasteiger partial charge is 0.292 e. The van der Waals surface area contributed by atoms with E-state index in [1.54, 1.807) is 10.8 Å². The molecular weight excluding hydrogens is 410 g/mol. The Hall–Kier alpha value is -1.81. The van der Waals surface area contributed by atoms with Crippen molar-refractivity contribution in [2.24, 2.45) is 18.2 Å². The molecule has 29 heavy (non-hydrogen) atoms. The van der Waals surface area contributed by atoms with E-state index in [0.717, 1.165) is 43.3 Å². The second kappa shape index (κ2) is 7.79. The van der Waals surface area contributed by atoms with Crippen LogP contribution in [0, 0.1) is 5.41 Å². The molecule has 0 bridgehead atoms. The first kappa shape index (κ1) is 20.5. The van der Waals surface area contributed by atoms with Crippen LogP contribution in [0.5, 0.6) is 0 Å². The fourth-order valence-electron chi connectivity index (χ4n) is 4.06. The van der Waals surface area contributed by atoms with Crippen LogP contribution in [-0.4, -0.2) is 41.8 Å². The van der Waals surface area contributed by atoms with Crippen LogP contribution in [0.15, 0.2) is 28.4 Å². The number of aromatic nitrogens is 3. The third-order valence-corrected chi connectivity index (χ3v) is 7.74. The van der Waals surface area contributed by atoms with Crippen LogP contribution in [0.2, 0.25) is 5.02 Å². The van der Waals surface area contributed by atoms with Crippen molar-refractivity contribution in [2.75, 3.05) is 36.1 Å². The third-order valence-electron chi connectivity index (χ3n) is 6.16. The number of nitrogens with zero attached hydrogens (tertiary/aromatic N) is 4. The predicted octanol–water partition coefficient (Wildman–Crippen LogP) is 1.60. The summed E-state index contributed by atoms with van der Waals surface area (Å²) in [4.78, 5) is 12.1. The Balaban J connectivity index is 1.47. The average molecular weight is 437 g/mol. The standard InChI is InChI=1S/C19H26ClN7OS/c1-11-15(21)19(10-28-11)4-7-27(8-5-19)13-9-24-18(16(22)25-13)29-12-3-6-26(2)17(23)14(12)20/h3,6,9,11,15,23H,4-5,7-8,10,21H2,1-2H3,(H2,22,25)/p+1. The van der Waals surface area contributed by atoms with Gasteiger partial charge in [-0.25, -0.2) is 14.5 Å². The van der Waals surface area contributed by atoms with E-state index in [-0.39, 0.29) is 17.6 Å². The first-order valence-corrected chi connectivity index (χ1v) is 10.9. The van der Waals surface area contributed by atoms with Crippen molar-refractivity contribution in [3.05, 3.63) is 23.5 Å². The zero-order chi connectivity index (χ0) is 20.8. The summed E-state index contributed by atoms with van der Waals surface area (Å²) in [6.45, 7) is 4.52. The van der Waals surface area contributed by atoms with Gasteiger partial charge in [-0.1, -0.05) is 23.4 Å². The first-order valence-electron chi connectivity index (χ1n) is 9.67. The van der Waals surface area contributed by atoms with Crippen molar-refractivity contribution < 1.29 is 9.30 Å². The Morgan fingerprint density at radius 1 is 1.34 bits per heavy atom. The van der Waals surface area contributed by atoms with Crippen LogP contribution in [-0.2, 0) is 11.8 Å². The van der Waals surface area contributed by atoms with E-state index in [2.05, 4.69) is 21.8 Å². The molecule has 0 aliphatic carbocycles. The van der Waals surface area contributed by atoms with Gasteiger partial charge in [0.1, 0.15) is 15.9 Å². The lowest BCUT2D eigenvalue weighted by Crippen LogP contribution is -2.50. The molecule has 4 rings (SSSR count). The molecule has 10 heteroatoms. The molecule has 156 valence electrons. The fourth-order valence-corrected chi connectivity index (χ4v) is 5.16. The molecule has 0 aromatic carbocycles. The van der Waals surface area contributed by atoms with Gasteiger partial charge >= 0.3 is 0 Å². The van der Waals surface area contributed by atoms with E-state index in [1.165, 1.54) is 11.8 Å². The Kier molecular flexibility index (Phi) is 5.50. The van der Waals surface area contributed by atoms with Crippen LogP contribution in [0.3, 0.4) is 0 Å². The van der Waals surface area contributed by atoms with Crippen molar-refractivity contribution in [2.45, 2.75) is 41.8 Å². The van der Waals surface area contributed by atoms with E-state index >= 15 is 0 Å². The highest BCUT2D eigenvalue weighted by Crippen LogP contribution is 2.42. The minimum atomic E-state index is 0.0742. The van der Waals surface area contributed by atoms with Gasteiger partial charge in [-0.3, -0.25) is 5.73 Å². The molecule has 2 aromatic rings. The maximum Gasteiger partial charge on any atom is 0.292 e. The highest BCUT2D eigenvalue weighted by molar-refractivity contribution is 7.99. The maximum atomic E-state index is 6.41. The van der Waals surface area contributed by atoms with Gasteiger partial charge in [0, 0.05) is 29.4 Å². The number of hydrogen-bond acceptors (Lipinski definition) is 8. The molecule has 2 aliphatic heterocycles. The molecule has 0 radical (unpaired) electrons. The number of anilines is 3. The van der Waals surface area contributed by atoms with E-state index < -0.39 is 0 Å². The number of pyridine rings is 1. The summed E-state index contributed by atoms with van der Waals surface area (Å²) >= 11 is 7.71. The highest BCUT2D eigenvalue weighted by Gasteiger charge is 2.47. The summed E-state index contributed by atoms with van der Waals surface area (Å²) in [5, 5.41) is 1.09. The van der Waals surface area contributed by atoms with Gasteiger partial charge < -0.3 is 21.1 Å². The number of nitrogens with two attached hydrogens (primary N) is 3. The third kappa shape index (κ3) is 3.72. The largest absolute Gasteiger partial charge is 0.381 e. The number of aryl methyl sites for hydroxylation is 1. The minimum Gasteiger partial charge on any atom is -0.381 e. The molecule has 2 aliphatic rings. The Bertz CT molecular complexity index is 920. The van der Waals surface area contributed by atoms with Crippen LogP contribution in [0.4, 0.5) is 17.5 Å². The van der Waals surface area contributed by atoms with E-state index in [4.69, 9.17) is 33.5 Å². The van der Waals surface area contributed by atoms with Crippen molar-refractivity contribution in [1.29, 1.82) is 0 Å². The molecule has 2 fully saturated rings. The Labute approximate surface area is 179 Å². The normalized spacial score (nSPS) is 23.7. The van der Waals surface area contributed by atoms with Crippen molar-refractivity contribution in [3.8, 4) is 0 Å². The van der Waals surface area contributed by atoms with Gasteiger partial charge in [-0.15, -0.1) is 0 Å². The molecule has 2 unspecified atom stereocenters. The Morgan fingerprint density at radius 2 is 2.07 bits per heavy atom. The molecule has 2 aromatic heterocycles. The highest BCUT2D eigenvalue weighted by atomic mass is 35.5. The quantitative estimate of drug-likeness (QED) is 0.620. The van der Waals surface area contributed by atoms with E-state index in [9.17, 15) is 0 Å². The summed E-state index contributed by atoms with van der Waals surface area (Å²) in [6.07, 6.45) is 5.70. The zero-order valence-corrected chi connectivity index (χ0v) is 18.2. The van der Waals surface area contributed by atoms with Crippen molar-refractivity contribution >= 4 is 40.8 Å². The van der Waals surface area contributed by atoms with E-state index in [0.29, 0.717) is 21.7 Å². The van der Waals surface area contributed by atoms with Crippen LogP contribution < -0.4 is 26.7 Å². The van der Waals surface area contributed by atoms with Gasteiger partial charge in [-0.2, -0.15) is 0 Å². The average Bonchev–Trinajstić information content (AvgIpc) is 2.99. The number of rotatable bonds is 3. The maximum absolute atomic E-state index is 6.41. The second-order valence-electron chi connectivity index (χ2n) is 7.90. The molecule has 4 heterocycles. The van der Waals surface area contributed by atoms with Crippen LogP contribution >= 0.6 is 23.4 Å². The van der Waals surface area contributed by atoms with Crippen molar-refractivity contribution in [3.63, 3.8) is 0 Å². The predicted molar refractivity (Wildman–Crippen MR) is 115 cm³/mol. The molecule has 0 amide bonds. The topological polar surface area (TPSA) is 120 Å². The minimum absolute atomic E-state index is 0.0742. The zero-order valence-electron chi connectivity index (χ0n) is 16.6. The lowest BCUT2D eigenvalue weighted by atomic mass is 9.73. The fraction of sp³-hybridized carbons (Fsp3) is 0.526. The molecule has 6 N–H and O–H groups in total. The van der Waals surface area contributed by atoms with Crippen LogP contribution in [0.25, 0.3) is 0 Å². The number of hydrogen-bond donors (Lipinski definition) is 3. The second-order valence-corrected chi connectivity index (χ2v) is 9.31. The van der Waals surface area contributed by atoms with Gasteiger partial charge in [0.25, 0.3) is 5.82 Å². The van der Waals surface area contributed by atoms with Gasteiger partial charge in [0.15, 0.2) is 5.82 Å². The number of ether oxygens (including phenoxy) is 1. The van der Waals surface area contributed by atoms with Crippen LogP contribution in [0.1, 0.15) is 19.8 Å². The first-order chi connectivity index (χ1) is 13.8. The molecule has 8 nitrogen and oxygen atoms in total. The number of halogens is 1. The lowest BCUT2D eigenvalue weighted by Gasteiger charge is -2.41. The Morgan fingerprint density at radius 3 is 2.69 bits per heavy atom. The summed E-state index contributed by atoms with van der Waals surface area (Å²) in [6, 6.07) is 1.97. The molecule has 1 spiro atoms. The van der Waals surface area contributed by atoms with Gasteiger partial charge in [0.05, 0.1) is 32.2 Å². The SMILES string of the molecule is CC1OCC2(CCN(c3cnc(Sc4cc[n+](C)c(N)c4Cl)c(N)n3)CC2)C1N. The molecule has 0 saturated carbocycles. The molecular formula is C19H27ClN7OS+. The summed E-state index contributed by atoms with van der Waals surface area (Å²) in [7, 11) is 1.84. The monoisotopic (exact) mass is 436 g/mol. The van der Waals surface area contributed by atoms with Crippen molar-refractivity contribution in [1.82, 2.24) is 9.97 Å². The number of piperidine rings is 1. The lowest BCUT2D eigenvalue weighted by molar-refractivity contribution is -0.657. The van der Waals surface area contributed by atoms with Gasteiger partial charge in [0.2, 0.25) is 0 Å². The summed E-state index contributed by atoms with van der Waals surface area (Å²) in [5.74, 6) is 1.66. The molecule has 2 atom stereocenters. The summed E-state index contributed by atoms with van der Waals surface area (Å²) < 4.78 is 7.56. The summed E-state index contributed by atoms with van der Waals surface area (Å²) in [5.41, 5.74) is 18.7. The van der Waals surface area contributed by atoms with Gasteiger partial charge in [-0.05, 0) is 25.8 Å². The van der Waals surface area contributed by atoms with E-state index in [1.807, 2.05) is 19.3 Å². The molecule has 2 saturated heterocycles.